The van der Waals surface area contributed by atoms with Crippen LogP contribution in [0.25, 0.3) is 0 Å². The van der Waals surface area contributed by atoms with Gasteiger partial charge in [-0.2, -0.15) is 4.31 Å². The fourth-order valence-corrected chi connectivity index (χ4v) is 5.63. The molecule has 0 unspecified atom stereocenters. The average Bonchev–Trinajstić information content (AvgIpc) is 2.61. The van der Waals surface area contributed by atoms with Crippen molar-refractivity contribution in [3.05, 3.63) is 63.7 Å². The summed E-state index contributed by atoms with van der Waals surface area (Å²) in [6, 6.07) is 10.7. The molecule has 7 heteroatoms. The minimum atomic E-state index is -3.89. The van der Waals surface area contributed by atoms with Crippen molar-refractivity contribution in [2.75, 3.05) is 6.54 Å². The highest BCUT2D eigenvalue weighted by Crippen LogP contribution is 2.26. The predicted molar refractivity (Wildman–Crippen MR) is 122 cm³/mol. The van der Waals surface area contributed by atoms with Crippen LogP contribution in [0.5, 0.6) is 0 Å². The Labute approximate surface area is 185 Å². The van der Waals surface area contributed by atoms with E-state index in [4.69, 9.17) is 11.6 Å². The standard InChI is InChI=1S/C23H31ClN2O3S/c1-6-7-19(5)25-22(27)15-26(14-20-8-10-21(24)11-9-20)30(28,29)23-17(3)12-16(2)13-18(23)4/h8-13,19H,6-7,14-15H2,1-5H3,(H,25,27)/t19-/m0/s1. The minimum absolute atomic E-state index is 0.00886. The molecule has 1 amide bonds. The maximum Gasteiger partial charge on any atom is 0.244 e. The lowest BCUT2D eigenvalue weighted by Crippen LogP contribution is -2.43. The highest BCUT2D eigenvalue weighted by atomic mass is 35.5. The summed E-state index contributed by atoms with van der Waals surface area (Å²) in [4.78, 5) is 12.9. The largest absolute Gasteiger partial charge is 0.353 e. The van der Waals surface area contributed by atoms with Gasteiger partial charge in [0, 0.05) is 17.6 Å². The maximum absolute atomic E-state index is 13.6. The van der Waals surface area contributed by atoms with Gasteiger partial charge in [0.1, 0.15) is 0 Å². The Morgan fingerprint density at radius 3 is 2.20 bits per heavy atom. The molecule has 0 aliphatic heterocycles. The summed E-state index contributed by atoms with van der Waals surface area (Å²) in [5, 5.41) is 3.48. The van der Waals surface area contributed by atoms with E-state index in [1.165, 1.54) is 4.31 Å². The summed E-state index contributed by atoms with van der Waals surface area (Å²) in [7, 11) is -3.89. The van der Waals surface area contributed by atoms with Gasteiger partial charge >= 0.3 is 0 Å². The van der Waals surface area contributed by atoms with E-state index in [-0.39, 0.29) is 29.9 Å². The second kappa shape index (κ2) is 10.4. The zero-order valence-electron chi connectivity index (χ0n) is 18.3. The van der Waals surface area contributed by atoms with Crippen LogP contribution in [0.2, 0.25) is 5.02 Å². The summed E-state index contributed by atoms with van der Waals surface area (Å²) in [5.74, 6) is -0.309. The van der Waals surface area contributed by atoms with E-state index in [1.807, 2.05) is 32.9 Å². The van der Waals surface area contributed by atoms with Crippen molar-refractivity contribution >= 4 is 27.5 Å². The first kappa shape index (κ1) is 24.4. The number of amides is 1. The lowest BCUT2D eigenvalue weighted by Gasteiger charge is -2.25. The Kier molecular flexibility index (Phi) is 8.47. The number of rotatable bonds is 9. The van der Waals surface area contributed by atoms with E-state index >= 15 is 0 Å². The Hall–Kier alpha value is -1.89. The molecule has 0 aromatic heterocycles. The van der Waals surface area contributed by atoms with E-state index < -0.39 is 10.0 Å². The first-order valence-corrected chi connectivity index (χ1v) is 12.0. The molecule has 0 saturated carbocycles. The van der Waals surface area contributed by atoms with Crippen LogP contribution in [0.1, 0.15) is 48.9 Å². The van der Waals surface area contributed by atoms with Gasteiger partial charge in [0.2, 0.25) is 15.9 Å². The second-order valence-electron chi connectivity index (χ2n) is 7.88. The SMILES string of the molecule is CCC[C@H](C)NC(=O)CN(Cc1ccc(Cl)cc1)S(=O)(=O)c1c(C)cc(C)cc1C. The van der Waals surface area contributed by atoms with Crippen LogP contribution in [0.15, 0.2) is 41.3 Å². The number of nitrogens with one attached hydrogen (secondary N) is 1. The summed E-state index contributed by atoms with van der Waals surface area (Å²) >= 11 is 5.97. The molecule has 0 aliphatic rings. The second-order valence-corrected chi connectivity index (χ2v) is 10.2. The molecular weight excluding hydrogens is 420 g/mol. The number of carbonyl (C=O) groups excluding carboxylic acids is 1. The van der Waals surface area contributed by atoms with Gasteiger partial charge in [-0.1, -0.05) is 54.8 Å². The van der Waals surface area contributed by atoms with Crippen molar-refractivity contribution in [1.82, 2.24) is 9.62 Å². The van der Waals surface area contributed by atoms with Crippen molar-refractivity contribution in [2.24, 2.45) is 0 Å². The zero-order valence-corrected chi connectivity index (χ0v) is 19.9. The lowest BCUT2D eigenvalue weighted by molar-refractivity contribution is -0.122. The van der Waals surface area contributed by atoms with Crippen LogP contribution in [0.4, 0.5) is 0 Å². The smallest absolute Gasteiger partial charge is 0.244 e. The van der Waals surface area contributed by atoms with Crippen molar-refractivity contribution in [2.45, 2.75) is 64.9 Å². The molecule has 2 aromatic rings. The molecule has 0 bridgehead atoms. The third-order valence-electron chi connectivity index (χ3n) is 4.92. The van der Waals surface area contributed by atoms with Crippen molar-refractivity contribution in [3.8, 4) is 0 Å². The molecule has 5 nitrogen and oxygen atoms in total. The van der Waals surface area contributed by atoms with Gasteiger partial charge in [-0.25, -0.2) is 8.42 Å². The number of carbonyl (C=O) groups is 1. The topological polar surface area (TPSA) is 66.5 Å². The highest BCUT2D eigenvalue weighted by Gasteiger charge is 2.30. The zero-order chi connectivity index (χ0) is 22.5. The van der Waals surface area contributed by atoms with E-state index in [0.29, 0.717) is 16.1 Å². The van der Waals surface area contributed by atoms with E-state index in [0.717, 1.165) is 24.0 Å². The molecule has 0 aliphatic carbocycles. The maximum atomic E-state index is 13.6. The molecule has 0 saturated heterocycles. The molecule has 0 fully saturated rings. The van der Waals surface area contributed by atoms with Crippen molar-refractivity contribution < 1.29 is 13.2 Å². The van der Waals surface area contributed by atoms with E-state index in [9.17, 15) is 13.2 Å². The molecule has 1 atom stereocenters. The third kappa shape index (κ3) is 6.30. The van der Waals surface area contributed by atoms with Crippen LogP contribution in [0, 0.1) is 20.8 Å². The molecule has 2 aromatic carbocycles. The van der Waals surface area contributed by atoms with Crippen LogP contribution < -0.4 is 5.32 Å². The number of sulfonamides is 1. The average molecular weight is 451 g/mol. The molecule has 1 N–H and O–H groups in total. The fourth-order valence-electron chi connectivity index (χ4n) is 3.71. The van der Waals surface area contributed by atoms with Gasteiger partial charge in [-0.15, -0.1) is 0 Å². The molecule has 0 heterocycles. The van der Waals surface area contributed by atoms with Crippen LogP contribution >= 0.6 is 11.6 Å². The van der Waals surface area contributed by atoms with Gasteiger partial charge in [-0.05, 0) is 62.9 Å². The Morgan fingerprint density at radius 2 is 1.67 bits per heavy atom. The molecular formula is C23H31ClN2O3S. The summed E-state index contributed by atoms with van der Waals surface area (Å²) in [5.41, 5.74) is 3.11. The van der Waals surface area contributed by atoms with Gasteiger partial charge in [0.15, 0.2) is 0 Å². The molecule has 164 valence electrons. The third-order valence-corrected chi connectivity index (χ3v) is 7.27. The Balaban J connectivity index is 2.41. The number of hydrogen-bond donors (Lipinski definition) is 1. The molecule has 0 radical (unpaired) electrons. The fraction of sp³-hybridized carbons (Fsp3) is 0.435. The number of aryl methyl sites for hydroxylation is 3. The Morgan fingerprint density at radius 1 is 1.10 bits per heavy atom. The quantitative estimate of drug-likeness (QED) is 0.598. The summed E-state index contributed by atoms with van der Waals surface area (Å²) in [6.07, 6.45) is 1.78. The van der Waals surface area contributed by atoms with Gasteiger partial charge in [-0.3, -0.25) is 4.79 Å². The van der Waals surface area contributed by atoms with Crippen LogP contribution in [-0.2, 0) is 21.4 Å². The van der Waals surface area contributed by atoms with Crippen molar-refractivity contribution in [1.29, 1.82) is 0 Å². The van der Waals surface area contributed by atoms with Crippen molar-refractivity contribution in [3.63, 3.8) is 0 Å². The normalized spacial score (nSPS) is 12.8. The number of nitrogens with zero attached hydrogens (tertiary/aromatic N) is 1. The number of hydrogen-bond acceptors (Lipinski definition) is 3. The predicted octanol–water partition coefficient (Wildman–Crippen LogP) is 4.76. The van der Waals surface area contributed by atoms with Gasteiger partial charge in [0.25, 0.3) is 0 Å². The first-order valence-electron chi connectivity index (χ1n) is 10.2. The highest BCUT2D eigenvalue weighted by molar-refractivity contribution is 7.89. The van der Waals surface area contributed by atoms with Crippen LogP contribution in [0.3, 0.4) is 0 Å². The van der Waals surface area contributed by atoms with Gasteiger partial charge in [0.05, 0.1) is 11.4 Å². The minimum Gasteiger partial charge on any atom is -0.353 e. The monoisotopic (exact) mass is 450 g/mol. The van der Waals surface area contributed by atoms with E-state index in [2.05, 4.69) is 5.32 Å². The lowest BCUT2D eigenvalue weighted by atomic mass is 10.1. The number of halogens is 1. The summed E-state index contributed by atoms with van der Waals surface area (Å²) in [6.45, 7) is 9.32. The summed E-state index contributed by atoms with van der Waals surface area (Å²) < 4.78 is 28.5. The molecule has 2 rings (SSSR count). The molecule has 30 heavy (non-hydrogen) atoms. The first-order chi connectivity index (χ1) is 14.0. The molecule has 0 spiro atoms. The number of benzene rings is 2. The van der Waals surface area contributed by atoms with Crippen LogP contribution in [-0.4, -0.2) is 31.2 Å². The Bertz CT molecular complexity index is 965. The van der Waals surface area contributed by atoms with E-state index in [1.54, 1.807) is 38.1 Å². The van der Waals surface area contributed by atoms with Gasteiger partial charge < -0.3 is 5.32 Å².